The number of carbonyl (C=O) groups excluding carboxylic acids is 1. The Hall–Kier alpha value is -1.77. The van der Waals surface area contributed by atoms with Crippen LogP contribution in [-0.2, 0) is 9.53 Å². The summed E-state index contributed by atoms with van der Waals surface area (Å²) in [7, 11) is 1.63. The minimum atomic E-state index is -0.478. The van der Waals surface area contributed by atoms with Crippen molar-refractivity contribution in [1.29, 1.82) is 0 Å². The van der Waals surface area contributed by atoms with Crippen molar-refractivity contribution in [2.75, 3.05) is 7.11 Å². The number of esters is 1. The lowest BCUT2D eigenvalue weighted by atomic mass is 9.83. The smallest absolute Gasteiger partial charge is 0.314 e. The number of benzene rings is 1. The molecule has 1 aromatic rings. The van der Waals surface area contributed by atoms with Crippen LogP contribution in [0.1, 0.15) is 51.2 Å². The van der Waals surface area contributed by atoms with E-state index in [2.05, 4.69) is 6.08 Å². The summed E-state index contributed by atoms with van der Waals surface area (Å²) in [4.78, 5) is 12.5. The molecule has 1 aromatic carbocycles. The molecule has 108 valence electrons. The Kier molecular flexibility index (Phi) is 3.89. The molecule has 0 N–H and O–H groups in total. The van der Waals surface area contributed by atoms with Crippen molar-refractivity contribution in [3.05, 3.63) is 34.9 Å². The van der Waals surface area contributed by atoms with Gasteiger partial charge in [0.25, 0.3) is 0 Å². The van der Waals surface area contributed by atoms with E-state index < -0.39 is 5.60 Å². The number of rotatable bonds is 2. The molecule has 2 rings (SSSR count). The lowest BCUT2D eigenvalue weighted by Gasteiger charge is -2.28. The molecular formula is C17H22O3. The van der Waals surface area contributed by atoms with Crippen LogP contribution in [0.15, 0.2) is 23.8 Å². The fraction of sp³-hybridized carbons (Fsp3) is 0.471. The number of methoxy groups -OCH3 is 1. The van der Waals surface area contributed by atoms with Crippen LogP contribution >= 0.6 is 0 Å². The van der Waals surface area contributed by atoms with Gasteiger partial charge in [0, 0.05) is 5.56 Å². The van der Waals surface area contributed by atoms with Gasteiger partial charge >= 0.3 is 5.97 Å². The van der Waals surface area contributed by atoms with E-state index >= 15 is 0 Å². The van der Waals surface area contributed by atoms with Crippen LogP contribution in [0.25, 0.3) is 6.08 Å². The first-order valence-corrected chi connectivity index (χ1v) is 6.89. The molecule has 3 nitrogen and oxygen atoms in total. The molecule has 1 aliphatic rings. The maximum absolute atomic E-state index is 12.5. The van der Waals surface area contributed by atoms with Crippen molar-refractivity contribution in [2.24, 2.45) is 0 Å². The molecule has 20 heavy (non-hydrogen) atoms. The van der Waals surface area contributed by atoms with Crippen LogP contribution < -0.4 is 4.74 Å². The molecule has 0 heterocycles. The molecule has 1 aliphatic carbocycles. The van der Waals surface area contributed by atoms with Gasteiger partial charge in [0.1, 0.15) is 11.4 Å². The van der Waals surface area contributed by atoms with E-state index in [1.807, 2.05) is 45.9 Å². The van der Waals surface area contributed by atoms with Crippen LogP contribution in [-0.4, -0.2) is 18.7 Å². The molecule has 0 bridgehead atoms. The Balaban J connectivity index is 2.43. The Morgan fingerprint density at radius 2 is 2.00 bits per heavy atom. The van der Waals surface area contributed by atoms with Crippen molar-refractivity contribution in [3.63, 3.8) is 0 Å². The minimum absolute atomic E-state index is 0.185. The number of hydrogen-bond donors (Lipinski definition) is 0. The highest BCUT2D eigenvalue weighted by molar-refractivity contribution is 5.84. The van der Waals surface area contributed by atoms with Crippen LogP contribution in [0.5, 0.6) is 5.75 Å². The van der Waals surface area contributed by atoms with Crippen LogP contribution in [0.3, 0.4) is 0 Å². The number of hydrogen-bond acceptors (Lipinski definition) is 3. The van der Waals surface area contributed by atoms with Crippen molar-refractivity contribution in [2.45, 2.75) is 45.6 Å². The van der Waals surface area contributed by atoms with Gasteiger partial charge in [0.05, 0.1) is 13.0 Å². The van der Waals surface area contributed by atoms with E-state index in [1.54, 1.807) is 7.11 Å². The number of allylic oxidation sites excluding steroid dienone is 1. The lowest BCUT2D eigenvalue weighted by Crippen LogP contribution is -2.29. The predicted octanol–water partition coefficient (Wildman–Crippen LogP) is 3.93. The first-order chi connectivity index (χ1) is 9.31. The van der Waals surface area contributed by atoms with E-state index in [1.165, 1.54) is 5.57 Å². The minimum Gasteiger partial charge on any atom is -0.496 e. The second-order valence-corrected chi connectivity index (χ2v) is 6.24. The van der Waals surface area contributed by atoms with Crippen molar-refractivity contribution in [1.82, 2.24) is 0 Å². The third kappa shape index (κ3) is 3.03. The quantitative estimate of drug-likeness (QED) is 0.767. The summed E-state index contributed by atoms with van der Waals surface area (Å²) in [6.45, 7) is 7.71. The van der Waals surface area contributed by atoms with Gasteiger partial charge in [0.15, 0.2) is 0 Å². The van der Waals surface area contributed by atoms with E-state index in [9.17, 15) is 4.79 Å². The highest BCUT2D eigenvalue weighted by Crippen LogP contribution is 2.40. The van der Waals surface area contributed by atoms with Crippen LogP contribution in [0, 0.1) is 0 Å². The van der Waals surface area contributed by atoms with Gasteiger partial charge in [0.2, 0.25) is 0 Å². The lowest BCUT2D eigenvalue weighted by molar-refractivity contribution is -0.156. The van der Waals surface area contributed by atoms with E-state index in [0.717, 1.165) is 16.9 Å². The zero-order chi connectivity index (χ0) is 14.9. The van der Waals surface area contributed by atoms with E-state index in [-0.39, 0.29) is 11.9 Å². The molecule has 0 saturated heterocycles. The number of ether oxygens (including phenoxy) is 2. The predicted molar refractivity (Wildman–Crippen MR) is 79.8 cm³/mol. The molecule has 0 fully saturated rings. The molecule has 0 saturated carbocycles. The van der Waals surface area contributed by atoms with E-state index in [0.29, 0.717) is 6.42 Å². The zero-order valence-electron chi connectivity index (χ0n) is 12.8. The van der Waals surface area contributed by atoms with Crippen molar-refractivity contribution >= 4 is 12.0 Å². The van der Waals surface area contributed by atoms with Crippen molar-refractivity contribution in [3.8, 4) is 5.75 Å². The SMILES string of the molecule is COc1cccc2c1C(C(=O)OC(C)(C)C)CC(C)=C2. The molecular weight excluding hydrogens is 252 g/mol. The molecule has 0 amide bonds. The monoisotopic (exact) mass is 274 g/mol. The summed E-state index contributed by atoms with van der Waals surface area (Å²) in [6, 6.07) is 5.85. The summed E-state index contributed by atoms with van der Waals surface area (Å²) >= 11 is 0. The first-order valence-electron chi connectivity index (χ1n) is 6.89. The molecule has 0 radical (unpaired) electrons. The maximum atomic E-state index is 12.5. The summed E-state index contributed by atoms with van der Waals surface area (Å²) in [5, 5.41) is 0. The van der Waals surface area contributed by atoms with Gasteiger partial charge in [-0.2, -0.15) is 0 Å². The number of carbonyl (C=O) groups is 1. The topological polar surface area (TPSA) is 35.5 Å². The van der Waals surface area contributed by atoms with Crippen molar-refractivity contribution < 1.29 is 14.3 Å². The summed E-state index contributed by atoms with van der Waals surface area (Å²) < 4.78 is 11.0. The summed E-state index contributed by atoms with van der Waals surface area (Å²) in [5.41, 5.74) is 2.69. The third-order valence-electron chi connectivity index (χ3n) is 3.29. The largest absolute Gasteiger partial charge is 0.496 e. The van der Waals surface area contributed by atoms with Crippen LogP contribution in [0.4, 0.5) is 0 Å². The van der Waals surface area contributed by atoms with Gasteiger partial charge in [-0.25, -0.2) is 0 Å². The zero-order valence-corrected chi connectivity index (χ0v) is 12.8. The number of fused-ring (bicyclic) bond motifs is 1. The second kappa shape index (κ2) is 5.31. The molecule has 3 heteroatoms. The average Bonchev–Trinajstić information content (AvgIpc) is 2.34. The van der Waals surface area contributed by atoms with E-state index in [4.69, 9.17) is 9.47 Å². The Bertz CT molecular complexity index is 550. The molecule has 0 aliphatic heterocycles. The fourth-order valence-corrected chi connectivity index (χ4v) is 2.56. The van der Waals surface area contributed by atoms with Gasteiger partial charge in [-0.1, -0.05) is 23.8 Å². The van der Waals surface area contributed by atoms with Gasteiger partial charge < -0.3 is 9.47 Å². The highest BCUT2D eigenvalue weighted by atomic mass is 16.6. The van der Waals surface area contributed by atoms with Crippen LogP contribution in [0.2, 0.25) is 0 Å². The standard InChI is InChI=1S/C17H22O3/c1-11-9-12-7-6-8-14(19-5)15(12)13(10-11)16(18)20-17(2,3)4/h6-9,13H,10H2,1-5H3. The molecule has 1 atom stereocenters. The van der Waals surface area contributed by atoms with Gasteiger partial charge in [-0.3, -0.25) is 4.79 Å². The molecule has 0 aromatic heterocycles. The highest BCUT2D eigenvalue weighted by Gasteiger charge is 2.32. The average molecular weight is 274 g/mol. The first kappa shape index (κ1) is 14.6. The maximum Gasteiger partial charge on any atom is 0.314 e. The summed E-state index contributed by atoms with van der Waals surface area (Å²) in [6.07, 6.45) is 2.79. The van der Waals surface area contributed by atoms with Gasteiger partial charge in [-0.05, 0) is 45.7 Å². The third-order valence-corrected chi connectivity index (χ3v) is 3.29. The summed E-state index contributed by atoms with van der Waals surface area (Å²) in [5.74, 6) is 0.281. The Morgan fingerprint density at radius 1 is 1.30 bits per heavy atom. The molecule has 0 spiro atoms. The van der Waals surface area contributed by atoms with Gasteiger partial charge in [-0.15, -0.1) is 0 Å². The second-order valence-electron chi connectivity index (χ2n) is 6.24. The Morgan fingerprint density at radius 3 is 2.60 bits per heavy atom. The normalized spacial score (nSPS) is 18.1. The Labute approximate surface area is 120 Å². The fourth-order valence-electron chi connectivity index (χ4n) is 2.56. The molecule has 1 unspecified atom stereocenters.